The SMILES string of the molecule is CC(NC(=O)c1nn(-c2ccccc2F)c(=O)cc1NS(C)(=O)=O)c1cc(N)cc(C(F)(F)F)c1. The number of aromatic nitrogens is 2. The number of sulfonamides is 1. The van der Waals surface area contributed by atoms with Gasteiger partial charge in [0.25, 0.3) is 11.5 Å². The van der Waals surface area contributed by atoms with Gasteiger partial charge in [0.05, 0.1) is 23.5 Å². The van der Waals surface area contributed by atoms with E-state index < -0.39 is 56.5 Å². The molecule has 1 aromatic heterocycles. The fourth-order valence-electron chi connectivity index (χ4n) is 3.14. The van der Waals surface area contributed by atoms with Crippen LogP contribution in [0.3, 0.4) is 0 Å². The second kappa shape index (κ2) is 9.37. The number of benzene rings is 2. The van der Waals surface area contributed by atoms with Gasteiger partial charge in [0.1, 0.15) is 11.5 Å². The predicted octanol–water partition coefficient (Wildman–Crippen LogP) is 2.84. The number of hydrogen-bond donors (Lipinski definition) is 3. The van der Waals surface area contributed by atoms with Crippen LogP contribution in [0.1, 0.15) is 34.6 Å². The molecular weight excluding hydrogens is 494 g/mol. The van der Waals surface area contributed by atoms with Crippen LogP contribution in [0.5, 0.6) is 0 Å². The van der Waals surface area contributed by atoms with Crippen molar-refractivity contribution < 1.29 is 30.8 Å². The summed E-state index contributed by atoms with van der Waals surface area (Å²) < 4.78 is 79.7. The van der Waals surface area contributed by atoms with E-state index in [4.69, 9.17) is 5.73 Å². The summed E-state index contributed by atoms with van der Waals surface area (Å²) in [5.74, 6) is -1.89. The molecular formula is C21H19F4N5O4S. The van der Waals surface area contributed by atoms with Gasteiger partial charge < -0.3 is 11.1 Å². The first-order chi connectivity index (χ1) is 16.2. The third-order valence-corrected chi connectivity index (χ3v) is 5.27. The molecule has 1 amide bonds. The monoisotopic (exact) mass is 513 g/mol. The molecule has 0 spiro atoms. The molecule has 0 saturated heterocycles. The minimum Gasteiger partial charge on any atom is -0.399 e. The Balaban J connectivity index is 2.06. The Kier molecular flexibility index (Phi) is 6.87. The lowest BCUT2D eigenvalue weighted by Gasteiger charge is -2.18. The van der Waals surface area contributed by atoms with Crippen molar-refractivity contribution in [1.29, 1.82) is 0 Å². The number of carbonyl (C=O) groups excluding carboxylic acids is 1. The van der Waals surface area contributed by atoms with Crippen LogP contribution in [0.4, 0.5) is 28.9 Å². The highest BCUT2D eigenvalue weighted by Crippen LogP contribution is 2.32. The fourth-order valence-corrected chi connectivity index (χ4v) is 3.69. The van der Waals surface area contributed by atoms with Gasteiger partial charge in [-0.15, -0.1) is 0 Å². The van der Waals surface area contributed by atoms with Crippen molar-refractivity contribution >= 4 is 27.3 Å². The largest absolute Gasteiger partial charge is 0.416 e. The molecule has 3 rings (SSSR count). The van der Waals surface area contributed by atoms with Gasteiger partial charge in [0, 0.05) is 11.8 Å². The van der Waals surface area contributed by atoms with E-state index in [9.17, 15) is 35.6 Å². The molecule has 0 aliphatic carbocycles. The van der Waals surface area contributed by atoms with Crippen LogP contribution in [0, 0.1) is 5.82 Å². The number of halogens is 4. The number of rotatable bonds is 6. The molecule has 14 heteroatoms. The Morgan fingerprint density at radius 3 is 2.40 bits per heavy atom. The summed E-state index contributed by atoms with van der Waals surface area (Å²) in [4.78, 5) is 25.5. The number of alkyl halides is 3. The van der Waals surface area contributed by atoms with Crippen molar-refractivity contribution in [1.82, 2.24) is 15.1 Å². The highest BCUT2D eigenvalue weighted by atomic mass is 32.2. The van der Waals surface area contributed by atoms with E-state index in [0.717, 1.165) is 30.5 Å². The zero-order valence-corrected chi connectivity index (χ0v) is 19.0. The van der Waals surface area contributed by atoms with Crippen molar-refractivity contribution in [3.05, 3.63) is 81.5 Å². The molecule has 2 aromatic carbocycles. The fraction of sp³-hybridized carbons (Fsp3) is 0.190. The number of nitrogens with zero attached hydrogens (tertiary/aromatic N) is 2. The van der Waals surface area contributed by atoms with E-state index in [2.05, 4.69) is 10.4 Å². The Bertz CT molecular complexity index is 1450. The first-order valence-electron chi connectivity index (χ1n) is 9.81. The summed E-state index contributed by atoms with van der Waals surface area (Å²) in [5, 5.41) is 6.22. The topological polar surface area (TPSA) is 136 Å². The molecule has 0 bridgehead atoms. The van der Waals surface area contributed by atoms with Gasteiger partial charge in [-0.1, -0.05) is 12.1 Å². The van der Waals surface area contributed by atoms with Crippen LogP contribution in [-0.2, 0) is 16.2 Å². The molecule has 0 aliphatic heterocycles. The summed E-state index contributed by atoms with van der Waals surface area (Å²) in [5.41, 5.74) is 1.97. The quantitative estimate of drug-likeness (QED) is 0.343. The minimum atomic E-state index is -4.68. The van der Waals surface area contributed by atoms with Gasteiger partial charge in [0.2, 0.25) is 10.0 Å². The summed E-state index contributed by atoms with van der Waals surface area (Å²) >= 11 is 0. The van der Waals surface area contributed by atoms with Crippen molar-refractivity contribution in [3.8, 4) is 5.69 Å². The zero-order valence-electron chi connectivity index (χ0n) is 18.2. The normalized spacial score (nSPS) is 12.7. The highest BCUT2D eigenvalue weighted by molar-refractivity contribution is 7.92. The maximum atomic E-state index is 14.2. The van der Waals surface area contributed by atoms with Crippen molar-refractivity contribution in [2.45, 2.75) is 19.1 Å². The lowest BCUT2D eigenvalue weighted by Crippen LogP contribution is -2.33. The smallest absolute Gasteiger partial charge is 0.399 e. The van der Waals surface area contributed by atoms with Gasteiger partial charge in [-0.05, 0) is 42.8 Å². The van der Waals surface area contributed by atoms with Gasteiger partial charge >= 0.3 is 6.18 Å². The molecule has 186 valence electrons. The predicted molar refractivity (Wildman–Crippen MR) is 120 cm³/mol. The molecule has 0 fully saturated rings. The maximum Gasteiger partial charge on any atom is 0.416 e. The molecule has 1 heterocycles. The number of para-hydroxylation sites is 1. The highest BCUT2D eigenvalue weighted by Gasteiger charge is 2.32. The Morgan fingerprint density at radius 2 is 1.80 bits per heavy atom. The molecule has 0 radical (unpaired) electrons. The van der Waals surface area contributed by atoms with Crippen LogP contribution in [0.15, 0.2) is 53.3 Å². The van der Waals surface area contributed by atoms with E-state index in [1.807, 2.05) is 4.72 Å². The zero-order chi connectivity index (χ0) is 26.1. The van der Waals surface area contributed by atoms with Crippen molar-refractivity contribution in [2.75, 3.05) is 16.7 Å². The number of nitrogens with two attached hydrogens (primary N) is 1. The first kappa shape index (κ1) is 25.7. The lowest BCUT2D eigenvalue weighted by molar-refractivity contribution is -0.137. The number of nitrogen functional groups attached to an aromatic ring is 1. The lowest BCUT2D eigenvalue weighted by atomic mass is 10.0. The van der Waals surface area contributed by atoms with Crippen LogP contribution >= 0.6 is 0 Å². The molecule has 1 unspecified atom stereocenters. The Labute approximate surface area is 196 Å². The van der Waals surface area contributed by atoms with Crippen LogP contribution in [0.25, 0.3) is 5.69 Å². The molecule has 9 nitrogen and oxygen atoms in total. The number of amides is 1. The van der Waals surface area contributed by atoms with E-state index >= 15 is 0 Å². The minimum absolute atomic E-state index is 0.00530. The first-order valence-corrected chi connectivity index (χ1v) is 11.7. The van der Waals surface area contributed by atoms with Crippen molar-refractivity contribution in [2.24, 2.45) is 0 Å². The molecule has 35 heavy (non-hydrogen) atoms. The average molecular weight is 513 g/mol. The third-order valence-electron chi connectivity index (χ3n) is 4.68. The van der Waals surface area contributed by atoms with Gasteiger partial charge in [0.15, 0.2) is 5.69 Å². The molecule has 0 aliphatic rings. The summed E-state index contributed by atoms with van der Waals surface area (Å²) in [6, 6.07) is 7.48. The molecule has 3 aromatic rings. The van der Waals surface area contributed by atoms with Gasteiger partial charge in [-0.3, -0.25) is 14.3 Å². The van der Waals surface area contributed by atoms with Crippen molar-refractivity contribution in [3.63, 3.8) is 0 Å². The van der Waals surface area contributed by atoms with E-state index in [1.54, 1.807) is 0 Å². The van der Waals surface area contributed by atoms with Crippen LogP contribution in [0.2, 0.25) is 0 Å². The Hall–Kier alpha value is -3.94. The average Bonchev–Trinajstić information content (AvgIpc) is 2.72. The molecule has 1 atom stereocenters. The number of nitrogens with one attached hydrogen (secondary N) is 2. The maximum absolute atomic E-state index is 14.2. The summed E-state index contributed by atoms with van der Waals surface area (Å²) in [7, 11) is -3.98. The second-order valence-corrected chi connectivity index (χ2v) is 9.31. The summed E-state index contributed by atoms with van der Waals surface area (Å²) in [6.07, 6.45) is -3.91. The van der Waals surface area contributed by atoms with Crippen LogP contribution in [-0.4, -0.2) is 30.4 Å². The van der Waals surface area contributed by atoms with E-state index in [0.29, 0.717) is 4.68 Å². The number of hydrogen-bond acceptors (Lipinski definition) is 6. The standard InChI is InChI=1S/C21H19F4N5O4S/c1-11(12-7-13(21(23,24)25)9-14(26)8-12)27-20(32)19-16(29-35(2,33)34)10-18(31)30(28-19)17-6-4-3-5-15(17)22/h3-11,29H,26H2,1-2H3,(H,27,32). The van der Waals surface area contributed by atoms with Gasteiger partial charge in [-0.25, -0.2) is 12.8 Å². The van der Waals surface area contributed by atoms with Gasteiger partial charge in [-0.2, -0.15) is 23.0 Å². The Morgan fingerprint density at radius 1 is 1.14 bits per heavy atom. The summed E-state index contributed by atoms with van der Waals surface area (Å²) in [6.45, 7) is 1.36. The third kappa shape index (κ3) is 6.15. The van der Waals surface area contributed by atoms with Crippen LogP contribution < -0.4 is 21.3 Å². The van der Waals surface area contributed by atoms with E-state index in [1.165, 1.54) is 31.2 Å². The number of anilines is 2. The number of carbonyl (C=O) groups is 1. The van der Waals surface area contributed by atoms with E-state index in [-0.39, 0.29) is 16.9 Å². The second-order valence-electron chi connectivity index (χ2n) is 7.56. The molecule has 4 N–H and O–H groups in total. The molecule has 0 saturated carbocycles.